The van der Waals surface area contributed by atoms with Crippen molar-refractivity contribution >= 4 is 28.3 Å². The molecular weight excluding hydrogens is 398 g/mol. The summed E-state index contributed by atoms with van der Waals surface area (Å²) in [5.74, 6) is -0.388. The van der Waals surface area contributed by atoms with Gasteiger partial charge in [-0.15, -0.1) is 11.3 Å². The summed E-state index contributed by atoms with van der Waals surface area (Å²) in [6.45, 7) is 5.99. The van der Waals surface area contributed by atoms with Crippen molar-refractivity contribution in [2.45, 2.75) is 33.8 Å². The largest absolute Gasteiger partial charge is 0.460 e. The summed E-state index contributed by atoms with van der Waals surface area (Å²) >= 11 is 1.50. The third-order valence-electron chi connectivity index (χ3n) is 4.98. The average Bonchev–Trinajstić information content (AvgIpc) is 3.16. The van der Waals surface area contributed by atoms with Crippen LogP contribution in [0.4, 0.5) is 0 Å². The molecule has 2 aromatic heterocycles. The highest BCUT2D eigenvalue weighted by Crippen LogP contribution is 2.25. The number of esters is 1. The maximum atomic E-state index is 12.4. The number of benzene rings is 2. The van der Waals surface area contributed by atoms with Crippen molar-refractivity contribution in [2.24, 2.45) is 0 Å². The number of fused-ring (bicyclic) bond motifs is 1. The Balaban J connectivity index is 1.47. The summed E-state index contributed by atoms with van der Waals surface area (Å²) < 4.78 is 10.7. The number of carbonyl (C=O) groups excluding carboxylic acids is 1. The van der Waals surface area contributed by atoms with Crippen LogP contribution in [0, 0.1) is 20.8 Å². The SMILES string of the molecule is Cc1cccc(-c2nc(CC(=O)OCc3cc(=O)oc4cc(C)c(C)cc34)cs2)c1. The molecule has 6 heteroatoms. The number of aryl methyl sites for hydroxylation is 3. The Morgan fingerprint density at radius 3 is 2.70 bits per heavy atom. The highest BCUT2D eigenvalue weighted by Gasteiger charge is 2.13. The molecule has 0 aliphatic rings. The molecule has 5 nitrogen and oxygen atoms in total. The van der Waals surface area contributed by atoms with Gasteiger partial charge in [-0.2, -0.15) is 0 Å². The first kappa shape index (κ1) is 20.0. The van der Waals surface area contributed by atoms with Crippen molar-refractivity contribution in [3.05, 3.63) is 86.2 Å². The molecule has 4 rings (SSSR count). The summed E-state index contributed by atoms with van der Waals surface area (Å²) in [4.78, 5) is 28.8. The smallest absolute Gasteiger partial charge is 0.336 e. The molecule has 0 fully saturated rings. The van der Waals surface area contributed by atoms with Gasteiger partial charge in [0.15, 0.2) is 0 Å². The quantitative estimate of drug-likeness (QED) is 0.331. The van der Waals surface area contributed by atoms with Crippen molar-refractivity contribution in [1.82, 2.24) is 4.98 Å². The van der Waals surface area contributed by atoms with E-state index in [9.17, 15) is 9.59 Å². The summed E-state index contributed by atoms with van der Waals surface area (Å²) in [7, 11) is 0. The van der Waals surface area contributed by atoms with Crippen LogP contribution < -0.4 is 5.63 Å². The Labute approximate surface area is 178 Å². The van der Waals surface area contributed by atoms with E-state index in [2.05, 4.69) is 11.1 Å². The number of hydrogen-bond acceptors (Lipinski definition) is 6. The molecule has 0 amide bonds. The molecule has 0 N–H and O–H groups in total. The zero-order valence-corrected chi connectivity index (χ0v) is 17.8. The summed E-state index contributed by atoms with van der Waals surface area (Å²) in [6, 6.07) is 13.3. The van der Waals surface area contributed by atoms with Gasteiger partial charge in [-0.05, 0) is 50.1 Å². The summed E-state index contributed by atoms with van der Waals surface area (Å²) in [5, 5.41) is 3.53. The van der Waals surface area contributed by atoms with Gasteiger partial charge in [-0.1, -0.05) is 23.8 Å². The maximum Gasteiger partial charge on any atom is 0.336 e. The lowest BCUT2D eigenvalue weighted by atomic mass is 10.0. The fourth-order valence-electron chi connectivity index (χ4n) is 3.26. The highest BCUT2D eigenvalue weighted by atomic mass is 32.1. The Morgan fingerprint density at radius 2 is 1.90 bits per heavy atom. The maximum absolute atomic E-state index is 12.4. The van der Waals surface area contributed by atoms with E-state index in [0.29, 0.717) is 16.8 Å². The minimum atomic E-state index is -0.459. The van der Waals surface area contributed by atoms with Crippen LogP contribution in [0.5, 0.6) is 0 Å². The van der Waals surface area contributed by atoms with Gasteiger partial charge in [0.1, 0.15) is 17.2 Å². The standard InChI is InChI=1S/C24H21NO4S/c1-14-5-4-6-17(7-14)24-25-19(13-30-24)11-22(26)28-12-18-10-23(27)29-21-9-16(3)15(2)8-20(18)21/h4-10,13H,11-12H2,1-3H3. The number of rotatable bonds is 5. The van der Waals surface area contributed by atoms with E-state index < -0.39 is 5.63 Å². The monoisotopic (exact) mass is 419 g/mol. The van der Waals surface area contributed by atoms with Crippen molar-refractivity contribution in [3.63, 3.8) is 0 Å². The fourth-order valence-corrected chi connectivity index (χ4v) is 4.08. The predicted octanol–water partition coefficient (Wildman–Crippen LogP) is 5.13. The lowest BCUT2D eigenvalue weighted by molar-refractivity contribution is -0.144. The number of ether oxygens (including phenoxy) is 1. The van der Waals surface area contributed by atoms with Gasteiger partial charge >= 0.3 is 11.6 Å². The van der Waals surface area contributed by atoms with E-state index >= 15 is 0 Å². The number of carbonyl (C=O) groups is 1. The molecule has 152 valence electrons. The lowest BCUT2D eigenvalue weighted by Gasteiger charge is -2.09. The van der Waals surface area contributed by atoms with Gasteiger partial charge in [-0.25, -0.2) is 9.78 Å². The van der Waals surface area contributed by atoms with Gasteiger partial charge in [0.25, 0.3) is 0 Å². The van der Waals surface area contributed by atoms with Crippen LogP contribution in [0.1, 0.15) is 27.9 Å². The van der Waals surface area contributed by atoms with E-state index in [1.807, 2.05) is 56.5 Å². The van der Waals surface area contributed by atoms with Crippen LogP contribution in [-0.2, 0) is 22.6 Å². The van der Waals surface area contributed by atoms with Crippen LogP contribution in [0.15, 0.2) is 57.1 Å². The molecule has 0 unspecified atom stereocenters. The first-order valence-electron chi connectivity index (χ1n) is 9.60. The van der Waals surface area contributed by atoms with Crippen molar-refractivity contribution in [3.8, 4) is 10.6 Å². The topological polar surface area (TPSA) is 69.4 Å². The third-order valence-corrected chi connectivity index (χ3v) is 5.92. The highest BCUT2D eigenvalue weighted by molar-refractivity contribution is 7.13. The van der Waals surface area contributed by atoms with Gasteiger partial charge < -0.3 is 9.15 Å². The van der Waals surface area contributed by atoms with Gasteiger partial charge in [-0.3, -0.25) is 4.79 Å². The molecule has 0 spiro atoms. The van der Waals surface area contributed by atoms with E-state index in [1.54, 1.807) is 0 Å². The molecule has 0 aliphatic heterocycles. The summed E-state index contributed by atoms with van der Waals surface area (Å²) in [5.41, 5.74) is 5.66. The van der Waals surface area contributed by atoms with E-state index in [4.69, 9.17) is 9.15 Å². The first-order valence-corrected chi connectivity index (χ1v) is 10.5. The van der Waals surface area contributed by atoms with E-state index in [1.165, 1.54) is 17.4 Å². The third kappa shape index (κ3) is 4.33. The number of hydrogen-bond donors (Lipinski definition) is 0. The first-order chi connectivity index (χ1) is 14.4. The van der Waals surface area contributed by atoms with Crippen LogP contribution >= 0.6 is 11.3 Å². The molecule has 2 heterocycles. The molecule has 4 aromatic rings. The number of nitrogens with zero attached hydrogens (tertiary/aromatic N) is 1. The molecule has 0 atom stereocenters. The zero-order valence-electron chi connectivity index (χ0n) is 17.0. The second-order valence-electron chi connectivity index (χ2n) is 7.37. The molecule has 0 aliphatic carbocycles. The van der Waals surface area contributed by atoms with Crippen molar-refractivity contribution in [1.29, 1.82) is 0 Å². The summed E-state index contributed by atoms with van der Waals surface area (Å²) in [6.07, 6.45) is 0.0832. The van der Waals surface area contributed by atoms with Gasteiger partial charge in [0.05, 0.1) is 12.1 Å². The van der Waals surface area contributed by atoms with Crippen LogP contribution in [0.25, 0.3) is 21.5 Å². The molecule has 2 aromatic carbocycles. The minimum Gasteiger partial charge on any atom is -0.460 e. The van der Waals surface area contributed by atoms with Crippen LogP contribution in [0.3, 0.4) is 0 Å². The van der Waals surface area contributed by atoms with E-state index in [0.717, 1.165) is 32.6 Å². The second kappa shape index (κ2) is 8.24. The Morgan fingerprint density at radius 1 is 1.10 bits per heavy atom. The number of aromatic nitrogens is 1. The zero-order chi connectivity index (χ0) is 21.3. The van der Waals surface area contributed by atoms with E-state index in [-0.39, 0.29) is 19.0 Å². The van der Waals surface area contributed by atoms with Gasteiger partial charge in [0.2, 0.25) is 0 Å². The number of thiazole rings is 1. The normalized spacial score (nSPS) is 11.0. The minimum absolute atomic E-state index is 0.0122. The van der Waals surface area contributed by atoms with Crippen LogP contribution in [0.2, 0.25) is 0 Å². The molecule has 0 saturated carbocycles. The Bertz CT molecular complexity index is 1300. The lowest BCUT2D eigenvalue weighted by Crippen LogP contribution is -2.10. The second-order valence-corrected chi connectivity index (χ2v) is 8.23. The molecular formula is C24H21NO4S. The van der Waals surface area contributed by atoms with Gasteiger partial charge in [0, 0.05) is 28.0 Å². The fraction of sp³-hybridized carbons (Fsp3) is 0.208. The van der Waals surface area contributed by atoms with Crippen molar-refractivity contribution < 1.29 is 13.9 Å². The molecule has 0 saturated heterocycles. The Kier molecular flexibility index (Phi) is 5.50. The molecule has 0 radical (unpaired) electrons. The molecule has 30 heavy (non-hydrogen) atoms. The molecule has 0 bridgehead atoms. The van der Waals surface area contributed by atoms with Crippen LogP contribution in [-0.4, -0.2) is 11.0 Å². The van der Waals surface area contributed by atoms with Crippen molar-refractivity contribution in [2.75, 3.05) is 0 Å². The average molecular weight is 420 g/mol. The Hall–Kier alpha value is -3.25. The predicted molar refractivity (Wildman–Crippen MR) is 118 cm³/mol.